The van der Waals surface area contributed by atoms with Gasteiger partial charge in [-0.25, -0.2) is 4.98 Å². The Morgan fingerprint density at radius 2 is 2.07 bits per heavy atom. The molecule has 138 valence electrons. The van der Waals surface area contributed by atoms with E-state index in [-0.39, 0.29) is 23.3 Å². The van der Waals surface area contributed by atoms with E-state index < -0.39 is 0 Å². The quantitative estimate of drug-likeness (QED) is 0.755. The van der Waals surface area contributed by atoms with E-state index in [1.54, 1.807) is 22.9 Å². The normalized spacial score (nSPS) is 20.7. The molecule has 2 aromatic heterocycles. The smallest absolute Gasteiger partial charge is 0.257 e. The van der Waals surface area contributed by atoms with Gasteiger partial charge in [0, 0.05) is 24.7 Å². The lowest BCUT2D eigenvalue weighted by molar-refractivity contribution is 0.0667. The van der Waals surface area contributed by atoms with E-state index in [1.807, 2.05) is 23.1 Å². The molecule has 3 heterocycles. The van der Waals surface area contributed by atoms with Crippen molar-refractivity contribution in [1.82, 2.24) is 15.2 Å². The SMILES string of the molecule is O=C(NC1CC12CCN(C(=O)c1ccoc1)CC2)c1ccc2ncsc2c1. The highest BCUT2D eigenvalue weighted by atomic mass is 32.1. The summed E-state index contributed by atoms with van der Waals surface area (Å²) in [5.41, 5.74) is 4.15. The molecule has 1 unspecified atom stereocenters. The van der Waals surface area contributed by atoms with E-state index in [9.17, 15) is 9.59 Å². The first-order valence-corrected chi connectivity index (χ1v) is 9.98. The Bertz CT molecular complexity index is 1000. The largest absolute Gasteiger partial charge is 0.472 e. The van der Waals surface area contributed by atoms with Crippen LogP contribution in [0.3, 0.4) is 0 Å². The van der Waals surface area contributed by atoms with Gasteiger partial charge in [0.2, 0.25) is 0 Å². The lowest BCUT2D eigenvalue weighted by Gasteiger charge is -2.32. The number of likely N-dealkylation sites (tertiary alicyclic amines) is 1. The number of aromatic nitrogens is 1. The highest BCUT2D eigenvalue weighted by Crippen LogP contribution is 2.54. The summed E-state index contributed by atoms with van der Waals surface area (Å²) in [6.07, 6.45) is 5.86. The summed E-state index contributed by atoms with van der Waals surface area (Å²) in [6, 6.07) is 7.53. The van der Waals surface area contributed by atoms with Crippen LogP contribution in [-0.2, 0) is 0 Å². The predicted octanol–water partition coefficient (Wildman–Crippen LogP) is 3.31. The van der Waals surface area contributed by atoms with E-state index in [0.717, 1.165) is 42.6 Å². The molecule has 1 atom stereocenters. The van der Waals surface area contributed by atoms with Gasteiger partial charge in [-0.1, -0.05) is 0 Å². The lowest BCUT2D eigenvalue weighted by Crippen LogP contribution is -2.41. The van der Waals surface area contributed by atoms with Gasteiger partial charge >= 0.3 is 0 Å². The minimum atomic E-state index is -0.0240. The summed E-state index contributed by atoms with van der Waals surface area (Å²) in [5.74, 6) is 0.00164. The van der Waals surface area contributed by atoms with Gasteiger partial charge < -0.3 is 14.6 Å². The zero-order chi connectivity index (χ0) is 18.4. The van der Waals surface area contributed by atoms with Crippen LogP contribution in [0.25, 0.3) is 10.2 Å². The number of amides is 2. The summed E-state index contributed by atoms with van der Waals surface area (Å²) < 4.78 is 6.03. The number of furan rings is 1. The highest BCUT2D eigenvalue weighted by molar-refractivity contribution is 7.16. The monoisotopic (exact) mass is 381 g/mol. The van der Waals surface area contributed by atoms with E-state index in [0.29, 0.717) is 11.1 Å². The Hall–Kier alpha value is -2.67. The minimum Gasteiger partial charge on any atom is -0.472 e. The Morgan fingerprint density at radius 1 is 1.22 bits per heavy atom. The second-order valence-corrected chi connectivity index (χ2v) is 8.32. The van der Waals surface area contributed by atoms with Gasteiger partial charge in [0.05, 0.1) is 27.6 Å². The lowest BCUT2D eigenvalue weighted by atomic mass is 9.92. The topological polar surface area (TPSA) is 75.4 Å². The van der Waals surface area contributed by atoms with Gasteiger partial charge in [-0.3, -0.25) is 9.59 Å². The van der Waals surface area contributed by atoms with Crippen molar-refractivity contribution in [2.24, 2.45) is 5.41 Å². The molecule has 1 spiro atoms. The molecule has 7 heteroatoms. The molecule has 27 heavy (non-hydrogen) atoms. The van der Waals surface area contributed by atoms with Crippen molar-refractivity contribution in [3.05, 3.63) is 53.4 Å². The molecule has 1 aromatic carbocycles. The van der Waals surface area contributed by atoms with Crippen molar-refractivity contribution in [3.63, 3.8) is 0 Å². The van der Waals surface area contributed by atoms with Crippen molar-refractivity contribution >= 4 is 33.4 Å². The molecule has 6 nitrogen and oxygen atoms in total. The van der Waals surface area contributed by atoms with Gasteiger partial charge in [-0.05, 0) is 48.9 Å². The molecule has 0 bridgehead atoms. The standard InChI is InChI=1S/C20H19N3O3S/c24-18(13-1-2-15-16(9-13)27-12-21-15)22-17-10-20(17)4-6-23(7-5-20)19(25)14-3-8-26-11-14/h1-3,8-9,11-12,17H,4-7,10H2,(H,22,24). The minimum absolute atomic E-state index is 0.0240. The fraction of sp³-hybridized carbons (Fsp3) is 0.350. The molecule has 2 amide bonds. The van der Waals surface area contributed by atoms with E-state index in [2.05, 4.69) is 10.3 Å². The van der Waals surface area contributed by atoms with Crippen LogP contribution >= 0.6 is 11.3 Å². The van der Waals surface area contributed by atoms with Crippen molar-refractivity contribution in [3.8, 4) is 0 Å². The third-order valence-electron chi connectivity index (χ3n) is 5.90. The molecule has 5 rings (SSSR count). The highest BCUT2D eigenvalue weighted by Gasteiger charge is 2.56. The Balaban J connectivity index is 1.20. The maximum absolute atomic E-state index is 12.6. The summed E-state index contributed by atoms with van der Waals surface area (Å²) in [4.78, 5) is 31.2. The number of nitrogens with one attached hydrogen (secondary N) is 1. The maximum atomic E-state index is 12.6. The molecule has 1 aliphatic heterocycles. The molecule has 1 aliphatic carbocycles. The number of hydrogen-bond acceptors (Lipinski definition) is 5. The van der Waals surface area contributed by atoms with Crippen LogP contribution in [0, 0.1) is 5.41 Å². The molecule has 2 fully saturated rings. The Morgan fingerprint density at radius 3 is 2.85 bits per heavy atom. The van der Waals surface area contributed by atoms with Crippen molar-refractivity contribution in [2.45, 2.75) is 25.3 Å². The summed E-state index contributed by atoms with van der Waals surface area (Å²) in [7, 11) is 0. The van der Waals surface area contributed by atoms with E-state index in [4.69, 9.17) is 4.42 Å². The molecule has 3 aromatic rings. The van der Waals surface area contributed by atoms with Crippen molar-refractivity contribution in [2.75, 3.05) is 13.1 Å². The number of carbonyl (C=O) groups excluding carboxylic acids is 2. The Labute approximate surface area is 160 Å². The molecule has 2 aliphatic rings. The van der Waals surface area contributed by atoms with Gasteiger partial charge in [0.15, 0.2) is 0 Å². The molecule has 1 saturated heterocycles. The van der Waals surface area contributed by atoms with Crippen LogP contribution in [0.5, 0.6) is 0 Å². The third-order valence-corrected chi connectivity index (χ3v) is 6.69. The number of nitrogens with zero attached hydrogens (tertiary/aromatic N) is 2. The number of rotatable bonds is 3. The number of fused-ring (bicyclic) bond motifs is 1. The van der Waals surface area contributed by atoms with Crippen LogP contribution in [0.1, 0.15) is 40.0 Å². The Kier molecular flexibility index (Phi) is 3.79. The van der Waals surface area contributed by atoms with E-state index in [1.165, 1.54) is 12.5 Å². The number of benzene rings is 1. The molecular weight excluding hydrogens is 362 g/mol. The van der Waals surface area contributed by atoms with Crippen molar-refractivity contribution < 1.29 is 14.0 Å². The zero-order valence-electron chi connectivity index (χ0n) is 14.7. The first kappa shape index (κ1) is 16.5. The average Bonchev–Trinajstić information content (AvgIpc) is 3.12. The van der Waals surface area contributed by atoms with E-state index >= 15 is 0 Å². The first-order valence-electron chi connectivity index (χ1n) is 9.10. The van der Waals surface area contributed by atoms with Gasteiger partial charge in [-0.15, -0.1) is 11.3 Å². The van der Waals surface area contributed by atoms with Crippen LogP contribution < -0.4 is 5.32 Å². The molecule has 0 radical (unpaired) electrons. The maximum Gasteiger partial charge on any atom is 0.257 e. The zero-order valence-corrected chi connectivity index (χ0v) is 15.5. The molecule has 1 N–H and O–H groups in total. The van der Waals surface area contributed by atoms with Gasteiger partial charge in [0.25, 0.3) is 11.8 Å². The van der Waals surface area contributed by atoms with Gasteiger partial charge in [0.1, 0.15) is 6.26 Å². The fourth-order valence-electron chi connectivity index (χ4n) is 4.07. The fourth-order valence-corrected chi connectivity index (χ4v) is 4.78. The second kappa shape index (κ2) is 6.20. The predicted molar refractivity (Wildman–Crippen MR) is 102 cm³/mol. The number of carbonyl (C=O) groups is 2. The molecule has 1 saturated carbocycles. The first-order chi connectivity index (χ1) is 13.1. The van der Waals surface area contributed by atoms with Crippen LogP contribution in [0.2, 0.25) is 0 Å². The summed E-state index contributed by atoms with van der Waals surface area (Å²) >= 11 is 1.54. The summed E-state index contributed by atoms with van der Waals surface area (Å²) in [5, 5.41) is 3.19. The number of thiazole rings is 1. The van der Waals surface area contributed by atoms with Gasteiger partial charge in [-0.2, -0.15) is 0 Å². The number of hydrogen-bond donors (Lipinski definition) is 1. The van der Waals surface area contributed by atoms with Crippen LogP contribution in [0.4, 0.5) is 0 Å². The van der Waals surface area contributed by atoms with Crippen LogP contribution in [0.15, 0.2) is 46.7 Å². The third kappa shape index (κ3) is 2.92. The molecular formula is C20H19N3O3S. The van der Waals surface area contributed by atoms with Crippen LogP contribution in [-0.4, -0.2) is 40.8 Å². The van der Waals surface area contributed by atoms with Crippen molar-refractivity contribution in [1.29, 1.82) is 0 Å². The summed E-state index contributed by atoms with van der Waals surface area (Å²) in [6.45, 7) is 1.45. The average molecular weight is 381 g/mol. The second-order valence-electron chi connectivity index (χ2n) is 7.43. The number of piperidine rings is 1.